The summed E-state index contributed by atoms with van der Waals surface area (Å²) in [5.41, 5.74) is 4.68. The van der Waals surface area contributed by atoms with Crippen LogP contribution in [0.2, 0.25) is 0 Å². The van der Waals surface area contributed by atoms with Gasteiger partial charge in [-0.1, -0.05) is 6.08 Å². The van der Waals surface area contributed by atoms with Gasteiger partial charge in [-0.15, -0.1) is 0 Å². The van der Waals surface area contributed by atoms with Crippen LogP contribution in [-0.2, 0) is 24.2 Å². The van der Waals surface area contributed by atoms with Crippen LogP contribution in [0.1, 0.15) is 6.92 Å². The topological polar surface area (TPSA) is 97.5 Å². The predicted molar refractivity (Wildman–Crippen MR) is 35.4 cm³/mol. The molecule has 0 aromatic heterocycles. The number of carbonyl (C=O) groups is 1. The molecule has 11 heavy (non-hydrogen) atoms. The van der Waals surface area contributed by atoms with Gasteiger partial charge in [0.1, 0.15) is 0 Å². The van der Waals surface area contributed by atoms with Crippen LogP contribution in [-0.4, -0.2) is 10.5 Å². The molecule has 0 bridgehead atoms. The molecule has 0 heterocycles. The summed E-state index contributed by atoms with van der Waals surface area (Å²) in [5, 5.41) is 0. The standard InChI is InChI=1S/C4H7NO.K.HO3S/c1-2-3-4(5)6;;1-4(2)3/h2-3H,1H3,(H2,5,6);;(H,1,2,3)/q;+1;-1. The first-order valence-electron chi connectivity index (χ1n) is 2.21. The van der Waals surface area contributed by atoms with Gasteiger partial charge >= 0.3 is 51.4 Å². The third-order valence-electron chi connectivity index (χ3n) is 0.331. The first kappa shape index (κ1) is 17.7. The summed E-state index contributed by atoms with van der Waals surface area (Å²) < 4.78 is 24.1. The smallest absolute Gasteiger partial charge is 0.439 e. The van der Waals surface area contributed by atoms with Crippen molar-refractivity contribution >= 4 is 16.9 Å². The quantitative estimate of drug-likeness (QED) is 0.155. The number of nitrogens with two attached hydrogens (primary N) is 1. The first-order chi connectivity index (χ1) is 4.50. The fraction of sp³-hybridized carbons (Fsp3) is 0.250. The Kier molecular flexibility index (Phi) is 21.5. The van der Waals surface area contributed by atoms with Crippen molar-refractivity contribution in [2.24, 2.45) is 5.73 Å². The average molecular weight is 205 g/mol. The minimum atomic E-state index is -2.86. The van der Waals surface area contributed by atoms with Gasteiger partial charge in [0, 0.05) is 11.0 Å². The number of allylic oxidation sites excluding steroid dienone is 1. The van der Waals surface area contributed by atoms with Crippen LogP contribution in [0.15, 0.2) is 12.2 Å². The molecule has 0 aromatic rings. The van der Waals surface area contributed by atoms with Gasteiger partial charge in [0.05, 0.1) is 0 Å². The third kappa shape index (κ3) is 58.4. The summed E-state index contributed by atoms with van der Waals surface area (Å²) in [4.78, 5) is 9.73. The monoisotopic (exact) mass is 205 g/mol. The Morgan fingerprint density at radius 3 is 1.82 bits per heavy atom. The van der Waals surface area contributed by atoms with Crippen LogP contribution in [0.25, 0.3) is 0 Å². The van der Waals surface area contributed by atoms with Crippen molar-refractivity contribution in [3.63, 3.8) is 0 Å². The van der Waals surface area contributed by atoms with E-state index in [9.17, 15) is 4.79 Å². The van der Waals surface area contributed by atoms with E-state index >= 15 is 0 Å². The van der Waals surface area contributed by atoms with Gasteiger partial charge in [0.15, 0.2) is 0 Å². The fourth-order valence-corrected chi connectivity index (χ4v) is 0.164. The molecule has 0 radical (unpaired) electrons. The number of hydrogen-bond donors (Lipinski definition) is 2. The molecular weight excluding hydrogens is 197 g/mol. The maximum absolute atomic E-state index is 9.73. The molecule has 0 aliphatic carbocycles. The van der Waals surface area contributed by atoms with E-state index in [1.165, 1.54) is 6.08 Å². The molecule has 0 atom stereocenters. The first-order valence-corrected chi connectivity index (χ1v) is 3.24. The van der Waals surface area contributed by atoms with Crippen LogP contribution in [0.4, 0.5) is 0 Å². The van der Waals surface area contributed by atoms with Crippen molar-refractivity contribution in [3.05, 3.63) is 12.2 Å². The molecule has 7 heteroatoms. The second kappa shape index (κ2) is 13.4. The van der Waals surface area contributed by atoms with E-state index in [1.807, 2.05) is 0 Å². The van der Waals surface area contributed by atoms with Gasteiger partial charge in [-0.25, -0.2) is 0 Å². The van der Waals surface area contributed by atoms with E-state index in [1.54, 1.807) is 13.0 Å². The molecule has 3 N–H and O–H groups in total. The van der Waals surface area contributed by atoms with E-state index < -0.39 is 16.9 Å². The Hall–Kier alpha value is 0.756. The van der Waals surface area contributed by atoms with Gasteiger partial charge in [-0.2, -0.15) is 0 Å². The number of primary amides is 1. The SMILES string of the molecule is CC=CC(N)=O.O=[S-](=O)O.[K+]. The second-order valence-electron chi connectivity index (χ2n) is 1.12. The molecule has 0 saturated carbocycles. The zero-order chi connectivity index (χ0) is 8.57. The largest absolute Gasteiger partial charge is 1.00 e. The zero-order valence-corrected chi connectivity index (χ0v) is 10.3. The van der Waals surface area contributed by atoms with Gasteiger partial charge in [0.25, 0.3) is 0 Å². The Bertz CT molecular complexity index is 181. The van der Waals surface area contributed by atoms with E-state index in [-0.39, 0.29) is 51.4 Å². The molecular formula is C4H8KNO4S. The third-order valence-corrected chi connectivity index (χ3v) is 0.331. The van der Waals surface area contributed by atoms with E-state index in [0.29, 0.717) is 0 Å². The minimum absolute atomic E-state index is 0. The molecule has 0 fully saturated rings. The second-order valence-corrected chi connectivity index (χ2v) is 1.55. The molecule has 1 amide bonds. The van der Waals surface area contributed by atoms with Crippen LogP contribution in [0.5, 0.6) is 0 Å². The Morgan fingerprint density at radius 1 is 1.55 bits per heavy atom. The van der Waals surface area contributed by atoms with Gasteiger partial charge in [0.2, 0.25) is 5.91 Å². The molecule has 0 rings (SSSR count). The van der Waals surface area contributed by atoms with Gasteiger partial charge in [-0.05, 0) is 13.0 Å². The van der Waals surface area contributed by atoms with E-state index in [2.05, 4.69) is 5.73 Å². The summed E-state index contributed by atoms with van der Waals surface area (Å²) in [6.45, 7) is 1.74. The Labute approximate surface area is 109 Å². The van der Waals surface area contributed by atoms with Crippen molar-refractivity contribution in [3.8, 4) is 0 Å². The molecule has 5 nitrogen and oxygen atoms in total. The normalized spacial score (nSPS) is 8.27. The van der Waals surface area contributed by atoms with Crippen molar-refractivity contribution in [1.29, 1.82) is 0 Å². The maximum atomic E-state index is 9.73. The van der Waals surface area contributed by atoms with Crippen LogP contribution < -0.4 is 57.1 Å². The maximum Gasteiger partial charge on any atom is 1.00 e. The minimum Gasteiger partial charge on any atom is -0.439 e. The van der Waals surface area contributed by atoms with Gasteiger partial charge < -0.3 is 18.7 Å². The van der Waals surface area contributed by atoms with Gasteiger partial charge in [-0.3, -0.25) is 4.79 Å². The molecule has 0 saturated heterocycles. The summed E-state index contributed by atoms with van der Waals surface area (Å²) in [7, 11) is -2.86. The molecule has 0 aromatic carbocycles. The fourth-order valence-electron chi connectivity index (χ4n) is 0.164. The number of amides is 1. The van der Waals surface area contributed by atoms with Crippen LogP contribution in [0, 0.1) is 0 Å². The number of rotatable bonds is 1. The molecule has 0 aliphatic rings. The zero-order valence-electron chi connectivity index (χ0n) is 6.31. The van der Waals surface area contributed by atoms with Crippen molar-refractivity contribution < 1.29 is 69.1 Å². The molecule has 0 aliphatic heterocycles. The van der Waals surface area contributed by atoms with E-state index in [4.69, 9.17) is 13.0 Å². The molecule has 60 valence electrons. The summed E-state index contributed by atoms with van der Waals surface area (Å²) in [6, 6.07) is 0. The van der Waals surface area contributed by atoms with Crippen molar-refractivity contribution in [2.45, 2.75) is 6.92 Å². The average Bonchev–Trinajstić information content (AvgIpc) is 1.62. The van der Waals surface area contributed by atoms with Crippen molar-refractivity contribution in [1.82, 2.24) is 0 Å². The number of carbonyl (C=O) groups excluding carboxylic acids is 1. The Balaban J connectivity index is -0.000000114. The summed E-state index contributed by atoms with van der Waals surface area (Å²) in [6.07, 6.45) is 2.91. The van der Waals surface area contributed by atoms with Crippen molar-refractivity contribution in [2.75, 3.05) is 0 Å². The summed E-state index contributed by atoms with van der Waals surface area (Å²) in [5.74, 6) is -0.391. The molecule has 0 spiro atoms. The van der Waals surface area contributed by atoms with E-state index in [0.717, 1.165) is 0 Å². The molecule has 0 unspecified atom stereocenters. The van der Waals surface area contributed by atoms with Crippen LogP contribution in [0.3, 0.4) is 0 Å². The predicted octanol–water partition coefficient (Wildman–Crippen LogP) is -3.18. The van der Waals surface area contributed by atoms with Crippen LogP contribution >= 0.6 is 0 Å². The summed E-state index contributed by atoms with van der Waals surface area (Å²) >= 11 is 0. The Morgan fingerprint density at radius 2 is 1.82 bits per heavy atom. The number of hydrogen-bond acceptors (Lipinski definition) is 4.